The van der Waals surface area contributed by atoms with Crippen molar-refractivity contribution in [2.24, 2.45) is 0 Å². The molecule has 1 N–H and O–H groups in total. The molecule has 0 aliphatic carbocycles. The molecule has 0 bridgehead atoms. The van der Waals surface area contributed by atoms with E-state index in [1.807, 2.05) is 0 Å². The number of pyridine rings is 2. The zero-order valence-electron chi connectivity index (χ0n) is 9.06. The average molecular weight is 254 g/mol. The first kappa shape index (κ1) is 12.2. The lowest BCUT2D eigenvalue weighted by Gasteiger charge is -2.09. The van der Waals surface area contributed by atoms with Gasteiger partial charge in [0.25, 0.3) is 0 Å². The minimum atomic E-state index is -1.45. The number of aromatic nitrogens is 2. The highest BCUT2D eigenvalue weighted by atomic mass is 19.1. The van der Waals surface area contributed by atoms with Crippen LogP contribution >= 0.6 is 0 Å². The molecule has 0 saturated heterocycles. The molecule has 0 saturated carbocycles. The van der Waals surface area contributed by atoms with Gasteiger partial charge in [0.1, 0.15) is 23.7 Å². The minimum absolute atomic E-state index is 0.0593. The van der Waals surface area contributed by atoms with Crippen LogP contribution in [0.5, 0.6) is 0 Å². The third kappa shape index (κ3) is 1.94. The highest BCUT2D eigenvalue weighted by molar-refractivity contribution is 5.91. The second-order valence-electron chi connectivity index (χ2n) is 3.58. The Morgan fingerprint density at radius 3 is 2.83 bits per heavy atom. The van der Waals surface area contributed by atoms with Gasteiger partial charge in [0, 0.05) is 6.20 Å². The molecule has 5 nitrogen and oxygen atoms in total. The zero-order chi connectivity index (χ0) is 13.3. The van der Waals surface area contributed by atoms with Gasteiger partial charge in [0.05, 0.1) is 18.1 Å². The van der Waals surface area contributed by atoms with E-state index in [0.29, 0.717) is 0 Å². The van der Waals surface area contributed by atoms with Crippen molar-refractivity contribution in [2.75, 3.05) is 6.67 Å². The largest absolute Gasteiger partial charge is 0.477 e. The summed E-state index contributed by atoms with van der Waals surface area (Å²) in [5, 5.41) is 8.69. The van der Waals surface area contributed by atoms with Crippen LogP contribution in [0.4, 0.5) is 8.78 Å². The molecule has 0 unspecified atom stereocenters. The molecule has 0 aromatic carbocycles. The van der Waals surface area contributed by atoms with Crippen LogP contribution in [0.3, 0.4) is 0 Å². The molecule has 0 atom stereocenters. The molecule has 0 aliphatic rings. The second-order valence-corrected chi connectivity index (χ2v) is 3.58. The molecular weight excluding hydrogens is 246 g/mol. The summed E-state index contributed by atoms with van der Waals surface area (Å²) in [6.45, 7) is -0.911. The normalized spacial score (nSPS) is 10.8. The summed E-state index contributed by atoms with van der Waals surface area (Å²) in [6, 6.07) is 0.895. The number of carbonyl (C=O) groups is 1. The van der Waals surface area contributed by atoms with E-state index in [1.165, 1.54) is 4.57 Å². The van der Waals surface area contributed by atoms with Crippen molar-refractivity contribution in [3.63, 3.8) is 0 Å². The molecule has 94 valence electrons. The van der Waals surface area contributed by atoms with Gasteiger partial charge in [-0.15, -0.1) is 0 Å². The van der Waals surface area contributed by atoms with Crippen LogP contribution in [-0.4, -0.2) is 27.3 Å². The van der Waals surface area contributed by atoms with Crippen LogP contribution in [-0.2, 0) is 6.54 Å². The third-order valence-electron chi connectivity index (χ3n) is 2.44. The van der Waals surface area contributed by atoms with E-state index < -0.39 is 29.5 Å². The molecule has 0 amide bonds. The average Bonchev–Trinajstić information content (AvgIpc) is 2.32. The Morgan fingerprint density at radius 2 is 2.22 bits per heavy atom. The van der Waals surface area contributed by atoms with Gasteiger partial charge in [-0.05, 0) is 6.07 Å². The molecule has 0 fully saturated rings. The van der Waals surface area contributed by atoms with Gasteiger partial charge in [0.15, 0.2) is 0 Å². The van der Waals surface area contributed by atoms with Gasteiger partial charge < -0.3 is 9.67 Å². The number of carboxylic acids is 1. The zero-order valence-corrected chi connectivity index (χ0v) is 9.06. The Labute approximate surface area is 99.3 Å². The molecule has 2 aromatic rings. The lowest BCUT2D eigenvalue weighted by molar-refractivity contribution is 0.0694. The number of halogens is 2. The highest BCUT2D eigenvalue weighted by Crippen LogP contribution is 2.11. The number of aromatic carboxylic acids is 1. The summed E-state index contributed by atoms with van der Waals surface area (Å²) < 4.78 is 26.6. The van der Waals surface area contributed by atoms with Crippen molar-refractivity contribution in [2.45, 2.75) is 6.54 Å². The van der Waals surface area contributed by atoms with E-state index in [0.717, 1.165) is 18.5 Å². The Morgan fingerprint density at radius 1 is 1.50 bits per heavy atom. The molecule has 0 aliphatic heterocycles. The fraction of sp³-hybridized carbons (Fsp3) is 0.182. The van der Waals surface area contributed by atoms with Crippen molar-refractivity contribution >= 4 is 17.0 Å². The number of hydrogen-bond donors (Lipinski definition) is 1. The van der Waals surface area contributed by atoms with Crippen molar-refractivity contribution in [3.8, 4) is 0 Å². The van der Waals surface area contributed by atoms with Gasteiger partial charge in [-0.3, -0.25) is 4.79 Å². The number of aryl methyl sites for hydroxylation is 1. The van der Waals surface area contributed by atoms with Crippen LogP contribution in [0.2, 0.25) is 0 Å². The Hall–Kier alpha value is -2.31. The third-order valence-corrected chi connectivity index (χ3v) is 2.44. The van der Waals surface area contributed by atoms with Gasteiger partial charge >= 0.3 is 5.97 Å². The predicted octanol–water partition coefficient (Wildman–Crippen LogP) is 1.20. The van der Waals surface area contributed by atoms with Crippen molar-refractivity contribution < 1.29 is 18.7 Å². The van der Waals surface area contributed by atoms with Gasteiger partial charge in [0.2, 0.25) is 5.43 Å². The van der Waals surface area contributed by atoms with Crippen LogP contribution in [0.25, 0.3) is 11.0 Å². The Kier molecular flexibility index (Phi) is 3.05. The SMILES string of the molecule is O=C(O)c1cn(CCF)c2ncc(F)cc2c1=O. The van der Waals surface area contributed by atoms with E-state index in [2.05, 4.69) is 4.98 Å². The highest BCUT2D eigenvalue weighted by Gasteiger charge is 2.15. The van der Waals surface area contributed by atoms with Crippen LogP contribution < -0.4 is 5.43 Å². The summed E-state index contributed by atoms with van der Waals surface area (Å²) in [5.74, 6) is -2.20. The first-order valence-electron chi connectivity index (χ1n) is 5.02. The number of rotatable bonds is 3. The minimum Gasteiger partial charge on any atom is -0.477 e. The fourth-order valence-corrected chi connectivity index (χ4v) is 1.66. The van der Waals surface area contributed by atoms with Gasteiger partial charge in [-0.1, -0.05) is 0 Å². The molecule has 0 spiro atoms. The van der Waals surface area contributed by atoms with Crippen LogP contribution in [0, 0.1) is 5.82 Å². The van der Waals surface area contributed by atoms with Crippen LogP contribution in [0.15, 0.2) is 23.3 Å². The first-order valence-corrected chi connectivity index (χ1v) is 5.02. The molecule has 2 aromatic heterocycles. The summed E-state index contributed by atoms with van der Waals surface area (Å²) in [7, 11) is 0. The Balaban J connectivity index is 2.87. The maximum absolute atomic E-state index is 13.0. The molecule has 7 heteroatoms. The smallest absolute Gasteiger partial charge is 0.341 e. The van der Waals surface area contributed by atoms with Crippen molar-refractivity contribution in [1.82, 2.24) is 9.55 Å². The van der Waals surface area contributed by atoms with E-state index in [1.54, 1.807) is 0 Å². The number of nitrogens with zero attached hydrogens (tertiary/aromatic N) is 2. The van der Waals surface area contributed by atoms with Crippen molar-refractivity contribution in [3.05, 3.63) is 40.1 Å². The number of hydrogen-bond acceptors (Lipinski definition) is 3. The van der Waals surface area contributed by atoms with Gasteiger partial charge in [-0.25, -0.2) is 18.6 Å². The van der Waals surface area contributed by atoms with E-state index >= 15 is 0 Å². The lowest BCUT2D eigenvalue weighted by Crippen LogP contribution is -2.20. The monoisotopic (exact) mass is 254 g/mol. The topological polar surface area (TPSA) is 72.2 Å². The molecule has 0 radical (unpaired) electrons. The molecular formula is C11H8F2N2O3. The summed E-state index contributed by atoms with van der Waals surface area (Å²) in [4.78, 5) is 26.4. The molecule has 2 rings (SSSR count). The molecule has 18 heavy (non-hydrogen) atoms. The molecule has 2 heterocycles. The number of fused-ring (bicyclic) bond motifs is 1. The van der Waals surface area contributed by atoms with E-state index in [4.69, 9.17) is 5.11 Å². The summed E-state index contributed by atoms with van der Waals surface area (Å²) in [6.07, 6.45) is 1.90. The van der Waals surface area contributed by atoms with E-state index in [-0.39, 0.29) is 17.6 Å². The maximum atomic E-state index is 13.0. The van der Waals surface area contributed by atoms with Crippen molar-refractivity contribution in [1.29, 1.82) is 0 Å². The van der Waals surface area contributed by atoms with Crippen LogP contribution in [0.1, 0.15) is 10.4 Å². The maximum Gasteiger partial charge on any atom is 0.341 e. The predicted molar refractivity (Wildman–Crippen MR) is 58.9 cm³/mol. The summed E-state index contributed by atoms with van der Waals surface area (Å²) in [5.41, 5.74) is -1.31. The summed E-state index contributed by atoms with van der Waals surface area (Å²) >= 11 is 0. The second kappa shape index (κ2) is 4.52. The first-order chi connectivity index (χ1) is 8.54. The van der Waals surface area contributed by atoms with Gasteiger partial charge in [-0.2, -0.15) is 0 Å². The lowest BCUT2D eigenvalue weighted by atomic mass is 10.2. The number of alkyl halides is 1. The Bertz CT molecular complexity index is 682. The quantitative estimate of drug-likeness (QED) is 0.893. The fourth-order valence-electron chi connectivity index (χ4n) is 1.66. The van der Waals surface area contributed by atoms with E-state index in [9.17, 15) is 18.4 Å². The standard InChI is InChI=1S/C11H8F2N2O3/c12-1-2-15-5-8(11(17)18)9(16)7-3-6(13)4-14-10(7)15/h3-5H,1-2H2,(H,17,18). The number of carboxylic acid groups (broad SMARTS) is 1.